The molecule has 25 heavy (non-hydrogen) atoms. The van der Waals surface area contributed by atoms with E-state index in [1.54, 1.807) is 0 Å². The molecule has 0 bridgehead atoms. The SMILES string of the molecule is O=NC(CC(c1ccccc1)c1ccccc1)c1cc(F)ncc1Cl. The van der Waals surface area contributed by atoms with Crippen LogP contribution in [0.4, 0.5) is 4.39 Å². The van der Waals surface area contributed by atoms with Crippen molar-refractivity contribution in [3.8, 4) is 0 Å². The highest BCUT2D eigenvalue weighted by molar-refractivity contribution is 6.31. The largest absolute Gasteiger partial charge is 0.227 e. The van der Waals surface area contributed by atoms with E-state index in [4.69, 9.17) is 11.6 Å². The average molecular weight is 355 g/mol. The van der Waals surface area contributed by atoms with E-state index in [-0.39, 0.29) is 10.9 Å². The number of nitroso groups, excluding NO2 is 1. The fourth-order valence-corrected chi connectivity index (χ4v) is 3.20. The molecule has 0 saturated heterocycles. The minimum atomic E-state index is -0.768. The lowest BCUT2D eigenvalue weighted by molar-refractivity contribution is 0.561. The first-order valence-corrected chi connectivity index (χ1v) is 8.30. The number of nitrogens with zero attached hydrogens (tertiary/aromatic N) is 2. The van der Waals surface area contributed by atoms with Crippen LogP contribution >= 0.6 is 11.6 Å². The zero-order valence-electron chi connectivity index (χ0n) is 13.3. The number of pyridine rings is 1. The molecule has 3 aromatic rings. The molecule has 0 aliphatic rings. The van der Waals surface area contributed by atoms with Crippen LogP contribution in [0, 0.1) is 10.9 Å². The number of halogens is 2. The molecule has 1 heterocycles. The maximum absolute atomic E-state index is 13.5. The fourth-order valence-electron chi connectivity index (χ4n) is 2.97. The van der Waals surface area contributed by atoms with E-state index in [9.17, 15) is 9.30 Å². The second-order valence-electron chi connectivity index (χ2n) is 5.76. The molecule has 3 rings (SSSR count). The third-order valence-electron chi connectivity index (χ3n) is 4.20. The average Bonchev–Trinajstić information content (AvgIpc) is 2.66. The molecule has 0 fully saturated rings. The summed E-state index contributed by atoms with van der Waals surface area (Å²) < 4.78 is 13.5. The van der Waals surface area contributed by atoms with Gasteiger partial charge in [-0.25, -0.2) is 4.98 Å². The Hall–Kier alpha value is -2.59. The van der Waals surface area contributed by atoms with E-state index in [0.29, 0.717) is 12.0 Å². The van der Waals surface area contributed by atoms with Gasteiger partial charge in [-0.2, -0.15) is 9.30 Å². The smallest absolute Gasteiger partial charge is 0.213 e. The van der Waals surface area contributed by atoms with Crippen molar-refractivity contribution in [3.05, 3.63) is 105 Å². The zero-order valence-corrected chi connectivity index (χ0v) is 14.1. The van der Waals surface area contributed by atoms with Crippen molar-refractivity contribution in [1.82, 2.24) is 4.98 Å². The molecular weight excluding hydrogens is 339 g/mol. The molecule has 2 aromatic carbocycles. The Bertz CT molecular complexity index is 803. The highest BCUT2D eigenvalue weighted by Crippen LogP contribution is 2.37. The summed E-state index contributed by atoms with van der Waals surface area (Å²) in [7, 11) is 0. The van der Waals surface area contributed by atoms with Gasteiger partial charge < -0.3 is 0 Å². The zero-order chi connectivity index (χ0) is 17.6. The molecule has 0 saturated carbocycles. The Morgan fingerprint density at radius 3 is 2.08 bits per heavy atom. The fraction of sp³-hybridized carbons (Fsp3) is 0.150. The highest BCUT2D eigenvalue weighted by atomic mass is 35.5. The second kappa shape index (κ2) is 7.99. The van der Waals surface area contributed by atoms with Crippen LogP contribution < -0.4 is 0 Å². The van der Waals surface area contributed by atoms with E-state index < -0.39 is 12.0 Å². The molecule has 0 aliphatic heterocycles. The quantitative estimate of drug-likeness (QED) is 0.408. The summed E-state index contributed by atoms with van der Waals surface area (Å²) in [5, 5.41) is 3.46. The van der Waals surface area contributed by atoms with Gasteiger partial charge in [-0.1, -0.05) is 77.4 Å². The van der Waals surface area contributed by atoms with Crippen LogP contribution in [-0.2, 0) is 0 Å². The molecule has 126 valence electrons. The van der Waals surface area contributed by atoms with Crippen molar-refractivity contribution >= 4 is 11.6 Å². The summed E-state index contributed by atoms with van der Waals surface area (Å²) in [5.41, 5.74) is 2.49. The second-order valence-corrected chi connectivity index (χ2v) is 6.17. The maximum Gasteiger partial charge on any atom is 0.213 e. The molecule has 0 amide bonds. The molecule has 0 spiro atoms. The van der Waals surface area contributed by atoms with E-state index in [0.717, 1.165) is 11.1 Å². The first kappa shape index (κ1) is 17.2. The van der Waals surface area contributed by atoms with E-state index in [1.165, 1.54) is 12.3 Å². The van der Waals surface area contributed by atoms with Crippen LogP contribution in [0.2, 0.25) is 5.02 Å². The van der Waals surface area contributed by atoms with Crippen molar-refractivity contribution < 1.29 is 4.39 Å². The Morgan fingerprint density at radius 2 is 1.56 bits per heavy atom. The number of aromatic nitrogens is 1. The predicted octanol–water partition coefficient (Wildman–Crippen LogP) is 5.90. The van der Waals surface area contributed by atoms with Crippen LogP contribution in [0.1, 0.15) is 35.1 Å². The summed E-state index contributed by atoms with van der Waals surface area (Å²) >= 11 is 6.12. The van der Waals surface area contributed by atoms with Gasteiger partial charge in [0.25, 0.3) is 0 Å². The van der Waals surface area contributed by atoms with Gasteiger partial charge in [-0.05, 0) is 17.5 Å². The summed E-state index contributed by atoms with van der Waals surface area (Å²) in [6.45, 7) is 0. The Labute approximate surface area is 150 Å². The first-order chi connectivity index (χ1) is 12.2. The number of hydrogen-bond acceptors (Lipinski definition) is 3. The highest BCUT2D eigenvalue weighted by Gasteiger charge is 2.24. The van der Waals surface area contributed by atoms with Crippen LogP contribution in [0.15, 0.2) is 78.1 Å². The molecular formula is C20H16ClFN2O. The maximum atomic E-state index is 13.5. The predicted molar refractivity (Wildman–Crippen MR) is 97.1 cm³/mol. The molecule has 1 aromatic heterocycles. The van der Waals surface area contributed by atoms with Crippen molar-refractivity contribution in [2.75, 3.05) is 0 Å². The number of hydrogen-bond donors (Lipinski definition) is 0. The molecule has 0 aliphatic carbocycles. The molecule has 1 atom stereocenters. The van der Waals surface area contributed by atoms with Gasteiger partial charge >= 0.3 is 0 Å². The first-order valence-electron chi connectivity index (χ1n) is 7.92. The summed E-state index contributed by atoms with van der Waals surface area (Å²) in [5.74, 6) is -0.735. The Kier molecular flexibility index (Phi) is 5.51. The summed E-state index contributed by atoms with van der Waals surface area (Å²) in [6.07, 6.45) is 1.60. The lowest BCUT2D eigenvalue weighted by Gasteiger charge is -2.21. The normalized spacial score (nSPS) is 12.1. The van der Waals surface area contributed by atoms with Gasteiger partial charge in [-0.3, -0.25) is 0 Å². The van der Waals surface area contributed by atoms with E-state index >= 15 is 0 Å². The van der Waals surface area contributed by atoms with Crippen molar-refractivity contribution in [2.24, 2.45) is 5.18 Å². The van der Waals surface area contributed by atoms with E-state index in [2.05, 4.69) is 10.2 Å². The van der Waals surface area contributed by atoms with Gasteiger partial charge in [0.1, 0.15) is 6.04 Å². The third-order valence-corrected chi connectivity index (χ3v) is 4.52. The van der Waals surface area contributed by atoms with Gasteiger partial charge in [-0.15, -0.1) is 0 Å². The van der Waals surface area contributed by atoms with Gasteiger partial charge in [0.2, 0.25) is 5.95 Å². The lowest BCUT2D eigenvalue weighted by Crippen LogP contribution is -2.08. The van der Waals surface area contributed by atoms with Crippen LogP contribution in [-0.4, -0.2) is 4.98 Å². The number of benzene rings is 2. The molecule has 5 heteroatoms. The van der Waals surface area contributed by atoms with Crippen LogP contribution in [0.5, 0.6) is 0 Å². The molecule has 3 nitrogen and oxygen atoms in total. The summed E-state index contributed by atoms with van der Waals surface area (Å²) in [6, 6.07) is 20.1. The molecule has 1 unspecified atom stereocenters. The summed E-state index contributed by atoms with van der Waals surface area (Å²) in [4.78, 5) is 15.0. The molecule has 0 N–H and O–H groups in total. The minimum Gasteiger partial charge on any atom is -0.227 e. The van der Waals surface area contributed by atoms with Crippen molar-refractivity contribution in [2.45, 2.75) is 18.4 Å². The molecule has 0 radical (unpaired) electrons. The Morgan fingerprint density at radius 1 is 1.00 bits per heavy atom. The monoisotopic (exact) mass is 354 g/mol. The number of rotatable bonds is 6. The lowest BCUT2D eigenvalue weighted by atomic mass is 9.84. The van der Waals surface area contributed by atoms with Gasteiger partial charge in [0.15, 0.2) is 0 Å². The Balaban J connectivity index is 1.99. The van der Waals surface area contributed by atoms with Crippen LogP contribution in [0.3, 0.4) is 0 Å². The van der Waals surface area contributed by atoms with Crippen LogP contribution in [0.25, 0.3) is 0 Å². The van der Waals surface area contributed by atoms with Crippen molar-refractivity contribution in [3.63, 3.8) is 0 Å². The van der Waals surface area contributed by atoms with Crippen molar-refractivity contribution in [1.29, 1.82) is 0 Å². The standard InChI is InChI=1S/C20H16ClFN2O/c21-18-13-23-20(22)12-17(18)19(24-25)11-16(14-7-3-1-4-8-14)15-9-5-2-6-10-15/h1-10,12-13,16,19H,11H2. The minimum absolute atomic E-state index is 0.0580. The van der Waals surface area contributed by atoms with Gasteiger partial charge in [0.05, 0.1) is 5.02 Å². The van der Waals surface area contributed by atoms with Gasteiger partial charge in [0, 0.05) is 23.7 Å². The topological polar surface area (TPSA) is 42.3 Å². The third kappa shape index (κ3) is 4.09. The van der Waals surface area contributed by atoms with E-state index in [1.807, 2.05) is 60.7 Å².